The van der Waals surface area contributed by atoms with E-state index in [1.165, 1.54) is 23.9 Å². The van der Waals surface area contributed by atoms with Gasteiger partial charge >= 0.3 is 0 Å². The van der Waals surface area contributed by atoms with Gasteiger partial charge in [0, 0.05) is 6.54 Å². The Morgan fingerprint density at radius 2 is 1.93 bits per heavy atom. The molecular weight excluding hydrogens is 477 g/mol. The zero-order valence-electron chi connectivity index (χ0n) is 15.5. The predicted molar refractivity (Wildman–Crippen MR) is 110 cm³/mol. The molecule has 3 heterocycles. The van der Waals surface area contributed by atoms with Crippen LogP contribution in [-0.2, 0) is 18.9 Å². The molecular formula is C19H15BrFN5O3S. The highest BCUT2D eigenvalue weighted by Gasteiger charge is 2.16. The average molecular weight is 492 g/mol. The van der Waals surface area contributed by atoms with E-state index in [2.05, 4.69) is 42.9 Å². The number of hydrogen-bond donors (Lipinski definition) is 0. The van der Waals surface area contributed by atoms with Crippen molar-refractivity contribution in [3.63, 3.8) is 0 Å². The van der Waals surface area contributed by atoms with E-state index in [0.717, 1.165) is 0 Å². The molecule has 0 fully saturated rings. The van der Waals surface area contributed by atoms with Gasteiger partial charge in [0.2, 0.25) is 5.89 Å². The van der Waals surface area contributed by atoms with E-state index in [-0.39, 0.29) is 12.4 Å². The molecule has 0 N–H and O–H groups in total. The first kappa shape index (κ1) is 20.4. The molecule has 11 heteroatoms. The van der Waals surface area contributed by atoms with Gasteiger partial charge in [0.15, 0.2) is 21.4 Å². The molecule has 1 aromatic carbocycles. The van der Waals surface area contributed by atoms with Gasteiger partial charge in [-0.25, -0.2) is 4.39 Å². The van der Waals surface area contributed by atoms with E-state index < -0.39 is 0 Å². The van der Waals surface area contributed by atoms with Gasteiger partial charge in [0.1, 0.15) is 18.2 Å². The van der Waals surface area contributed by atoms with Crippen molar-refractivity contribution in [2.24, 2.45) is 0 Å². The van der Waals surface area contributed by atoms with Crippen LogP contribution in [0, 0.1) is 5.82 Å². The van der Waals surface area contributed by atoms with E-state index in [1.807, 2.05) is 4.57 Å². The summed E-state index contributed by atoms with van der Waals surface area (Å²) >= 11 is 4.64. The summed E-state index contributed by atoms with van der Waals surface area (Å²) in [5.41, 5.74) is 0. The molecule has 4 rings (SSSR count). The quantitative estimate of drug-likeness (QED) is 0.241. The van der Waals surface area contributed by atoms with Crippen LogP contribution in [0.5, 0.6) is 5.75 Å². The zero-order chi connectivity index (χ0) is 20.9. The van der Waals surface area contributed by atoms with Crippen molar-refractivity contribution in [1.29, 1.82) is 0 Å². The lowest BCUT2D eigenvalue weighted by atomic mass is 10.3. The number of benzene rings is 1. The average Bonchev–Trinajstić information content (AvgIpc) is 3.47. The largest absolute Gasteiger partial charge is 0.486 e. The Bertz CT molecular complexity index is 1140. The standard InChI is InChI=1S/C19H15BrFN5O3S/c1-2-9-26-16(10-27-13-5-3-12(21)4-6-13)22-25-19(26)30-11-17-23-24-18(29-17)14-7-8-15(20)28-14/h2-8H,1,9-11H2. The van der Waals surface area contributed by atoms with Crippen LogP contribution in [0.2, 0.25) is 0 Å². The summed E-state index contributed by atoms with van der Waals surface area (Å²) in [5, 5.41) is 17.1. The number of halogens is 2. The molecule has 0 amide bonds. The third-order valence-corrected chi connectivity index (χ3v) is 5.24. The number of rotatable bonds is 9. The van der Waals surface area contributed by atoms with Crippen LogP contribution in [-0.4, -0.2) is 25.0 Å². The van der Waals surface area contributed by atoms with Crippen LogP contribution < -0.4 is 4.74 Å². The van der Waals surface area contributed by atoms with E-state index in [0.29, 0.717) is 51.2 Å². The predicted octanol–water partition coefficient (Wildman–Crippen LogP) is 4.88. The first-order chi connectivity index (χ1) is 14.6. The number of allylic oxidation sites excluding steroid dienone is 1. The van der Waals surface area contributed by atoms with Crippen LogP contribution >= 0.6 is 27.7 Å². The van der Waals surface area contributed by atoms with Gasteiger partial charge in [-0.3, -0.25) is 4.57 Å². The van der Waals surface area contributed by atoms with Crippen molar-refractivity contribution >= 4 is 27.7 Å². The zero-order valence-corrected chi connectivity index (χ0v) is 17.9. The van der Waals surface area contributed by atoms with Crippen molar-refractivity contribution < 1.29 is 18.0 Å². The second-order valence-electron chi connectivity index (χ2n) is 5.93. The fourth-order valence-electron chi connectivity index (χ4n) is 2.49. The SMILES string of the molecule is C=CCn1c(COc2ccc(F)cc2)nnc1SCc1nnc(-c2ccc(Br)o2)o1. The Labute approximate surface area is 183 Å². The molecule has 0 saturated heterocycles. The molecule has 0 atom stereocenters. The second kappa shape index (κ2) is 9.26. The van der Waals surface area contributed by atoms with Crippen molar-refractivity contribution in [2.45, 2.75) is 24.1 Å². The highest BCUT2D eigenvalue weighted by Crippen LogP contribution is 2.27. The lowest BCUT2D eigenvalue weighted by molar-refractivity contribution is 0.288. The Balaban J connectivity index is 1.42. The number of aromatic nitrogens is 5. The third-order valence-electron chi connectivity index (χ3n) is 3.86. The molecule has 4 aromatic rings. The van der Waals surface area contributed by atoms with Crippen molar-refractivity contribution in [1.82, 2.24) is 25.0 Å². The van der Waals surface area contributed by atoms with Crippen LogP contribution in [0.15, 0.2) is 67.7 Å². The van der Waals surface area contributed by atoms with Crippen LogP contribution in [0.25, 0.3) is 11.7 Å². The monoisotopic (exact) mass is 491 g/mol. The van der Waals surface area contributed by atoms with E-state index in [9.17, 15) is 4.39 Å². The molecule has 3 aromatic heterocycles. The number of furan rings is 1. The molecule has 8 nitrogen and oxygen atoms in total. The summed E-state index contributed by atoms with van der Waals surface area (Å²) in [6, 6.07) is 9.29. The highest BCUT2D eigenvalue weighted by molar-refractivity contribution is 9.10. The minimum Gasteiger partial charge on any atom is -0.486 e. The van der Waals surface area contributed by atoms with E-state index in [4.69, 9.17) is 13.6 Å². The lowest BCUT2D eigenvalue weighted by Crippen LogP contribution is -2.07. The summed E-state index contributed by atoms with van der Waals surface area (Å²) in [6.07, 6.45) is 1.74. The Morgan fingerprint density at radius 3 is 2.67 bits per heavy atom. The molecule has 30 heavy (non-hydrogen) atoms. The van der Waals surface area contributed by atoms with Gasteiger partial charge in [-0.05, 0) is 52.3 Å². The van der Waals surface area contributed by atoms with Gasteiger partial charge in [-0.15, -0.1) is 27.0 Å². The minimum atomic E-state index is -0.320. The first-order valence-corrected chi connectivity index (χ1v) is 10.5. The van der Waals surface area contributed by atoms with E-state index in [1.54, 1.807) is 30.3 Å². The lowest BCUT2D eigenvalue weighted by Gasteiger charge is -2.08. The number of ether oxygens (including phenoxy) is 1. The van der Waals surface area contributed by atoms with Crippen molar-refractivity contribution in [2.75, 3.05) is 0 Å². The topological polar surface area (TPSA) is 92.0 Å². The van der Waals surface area contributed by atoms with Gasteiger partial charge in [0.25, 0.3) is 5.89 Å². The van der Waals surface area contributed by atoms with Crippen molar-refractivity contribution in [3.05, 3.63) is 71.3 Å². The molecule has 0 radical (unpaired) electrons. The van der Waals surface area contributed by atoms with Gasteiger partial charge < -0.3 is 13.6 Å². The molecule has 0 saturated carbocycles. The fraction of sp³-hybridized carbons (Fsp3) is 0.158. The molecule has 0 aliphatic carbocycles. The Morgan fingerprint density at radius 1 is 1.10 bits per heavy atom. The smallest absolute Gasteiger partial charge is 0.283 e. The van der Waals surface area contributed by atoms with Crippen molar-refractivity contribution in [3.8, 4) is 17.4 Å². The summed E-state index contributed by atoms with van der Waals surface area (Å²) in [6.45, 7) is 4.47. The summed E-state index contributed by atoms with van der Waals surface area (Å²) in [5.74, 6) is 2.47. The maximum absolute atomic E-state index is 13.0. The van der Waals surface area contributed by atoms with Crippen LogP contribution in [0.1, 0.15) is 11.7 Å². The Hall–Kier alpha value is -2.92. The normalized spacial score (nSPS) is 11.0. The first-order valence-electron chi connectivity index (χ1n) is 8.74. The van der Waals surface area contributed by atoms with Gasteiger partial charge in [-0.2, -0.15) is 0 Å². The number of thioether (sulfide) groups is 1. The maximum Gasteiger partial charge on any atom is 0.283 e. The molecule has 0 unspecified atom stereocenters. The van der Waals surface area contributed by atoms with Gasteiger partial charge in [0.05, 0.1) is 5.75 Å². The number of nitrogens with zero attached hydrogens (tertiary/aromatic N) is 5. The summed E-state index contributed by atoms with van der Waals surface area (Å²) < 4.78 is 32.2. The third kappa shape index (κ3) is 4.79. The van der Waals surface area contributed by atoms with Gasteiger partial charge in [-0.1, -0.05) is 17.8 Å². The number of hydrogen-bond acceptors (Lipinski definition) is 8. The highest BCUT2D eigenvalue weighted by atomic mass is 79.9. The van der Waals surface area contributed by atoms with E-state index >= 15 is 0 Å². The second-order valence-corrected chi connectivity index (χ2v) is 7.66. The van der Waals surface area contributed by atoms with Crippen LogP contribution in [0.3, 0.4) is 0 Å². The Kier molecular flexibility index (Phi) is 6.29. The summed E-state index contributed by atoms with van der Waals surface area (Å²) in [4.78, 5) is 0. The fourth-order valence-corrected chi connectivity index (χ4v) is 3.60. The molecule has 0 spiro atoms. The van der Waals surface area contributed by atoms with Crippen LogP contribution in [0.4, 0.5) is 4.39 Å². The maximum atomic E-state index is 13.0. The molecule has 0 bridgehead atoms. The minimum absolute atomic E-state index is 0.186. The molecule has 0 aliphatic rings. The summed E-state index contributed by atoms with van der Waals surface area (Å²) in [7, 11) is 0. The molecule has 154 valence electrons. The molecule has 0 aliphatic heterocycles.